The SMILES string of the molecule is CC(C)Nc1nc(NCCOCCOCCN)nc(NCc2ccccc2F)n1. The van der Waals surface area contributed by atoms with Gasteiger partial charge in [0.25, 0.3) is 0 Å². The third-order valence-corrected chi connectivity index (χ3v) is 3.61. The molecule has 1 aromatic carbocycles. The fourth-order valence-corrected chi connectivity index (χ4v) is 2.31. The second kappa shape index (κ2) is 12.8. The smallest absolute Gasteiger partial charge is 0.229 e. The van der Waals surface area contributed by atoms with Gasteiger partial charge in [-0.25, -0.2) is 4.39 Å². The summed E-state index contributed by atoms with van der Waals surface area (Å²) in [5.74, 6) is 0.914. The van der Waals surface area contributed by atoms with Gasteiger partial charge in [-0.2, -0.15) is 15.0 Å². The summed E-state index contributed by atoms with van der Waals surface area (Å²) in [7, 11) is 0. The molecule has 2 rings (SSSR count). The molecule has 0 saturated carbocycles. The first-order valence-electron chi connectivity index (χ1n) is 9.67. The molecule has 0 aliphatic carbocycles. The molecule has 1 heterocycles. The number of rotatable bonds is 14. The van der Waals surface area contributed by atoms with Gasteiger partial charge in [0.2, 0.25) is 17.8 Å². The lowest BCUT2D eigenvalue weighted by Gasteiger charge is -2.13. The largest absolute Gasteiger partial charge is 0.378 e. The highest BCUT2D eigenvalue weighted by Crippen LogP contribution is 2.13. The van der Waals surface area contributed by atoms with Crippen LogP contribution in [0.5, 0.6) is 0 Å². The molecular formula is C19H30FN7O2. The summed E-state index contributed by atoms with van der Waals surface area (Å²) in [5.41, 5.74) is 5.88. The number of benzene rings is 1. The zero-order valence-electron chi connectivity index (χ0n) is 16.9. The van der Waals surface area contributed by atoms with Crippen LogP contribution in [-0.4, -0.2) is 60.5 Å². The number of nitrogens with two attached hydrogens (primary N) is 1. The number of hydrogen-bond acceptors (Lipinski definition) is 9. The highest BCUT2D eigenvalue weighted by Gasteiger charge is 2.08. The molecule has 9 nitrogen and oxygen atoms in total. The number of anilines is 3. The first kappa shape index (κ1) is 22.7. The Kier molecular flexibility index (Phi) is 10.0. The number of nitrogens with one attached hydrogen (secondary N) is 3. The molecule has 0 fully saturated rings. The van der Waals surface area contributed by atoms with Crippen LogP contribution in [0, 0.1) is 5.82 Å². The average Bonchev–Trinajstić information content (AvgIpc) is 2.69. The Morgan fingerprint density at radius 3 is 2.28 bits per heavy atom. The van der Waals surface area contributed by atoms with Gasteiger partial charge < -0.3 is 31.2 Å². The zero-order valence-corrected chi connectivity index (χ0v) is 16.9. The van der Waals surface area contributed by atoms with Gasteiger partial charge in [-0.1, -0.05) is 18.2 Å². The number of hydrogen-bond donors (Lipinski definition) is 4. The van der Waals surface area contributed by atoms with Crippen molar-refractivity contribution in [3.8, 4) is 0 Å². The predicted molar refractivity (Wildman–Crippen MR) is 111 cm³/mol. The Balaban J connectivity index is 1.89. The molecule has 10 heteroatoms. The quantitative estimate of drug-likeness (QED) is 0.348. The van der Waals surface area contributed by atoms with E-state index in [0.29, 0.717) is 62.9 Å². The zero-order chi connectivity index (χ0) is 20.9. The van der Waals surface area contributed by atoms with Gasteiger partial charge in [-0.3, -0.25) is 0 Å². The van der Waals surface area contributed by atoms with Crippen LogP contribution in [0.4, 0.5) is 22.2 Å². The number of nitrogens with zero attached hydrogens (tertiary/aromatic N) is 3. The summed E-state index contributed by atoms with van der Waals surface area (Å²) in [6.07, 6.45) is 0. The molecule has 0 unspecified atom stereocenters. The van der Waals surface area contributed by atoms with Gasteiger partial charge in [0.15, 0.2) is 0 Å². The highest BCUT2D eigenvalue weighted by molar-refractivity contribution is 5.43. The third kappa shape index (κ3) is 8.99. The van der Waals surface area contributed by atoms with E-state index in [1.165, 1.54) is 6.07 Å². The molecule has 160 valence electrons. The topological polar surface area (TPSA) is 119 Å². The van der Waals surface area contributed by atoms with Gasteiger partial charge in [0, 0.05) is 31.2 Å². The van der Waals surface area contributed by atoms with Crippen LogP contribution in [0.3, 0.4) is 0 Å². The van der Waals surface area contributed by atoms with E-state index < -0.39 is 0 Å². The summed E-state index contributed by atoms with van der Waals surface area (Å²) in [4.78, 5) is 13.0. The number of ether oxygens (including phenoxy) is 2. The van der Waals surface area contributed by atoms with Crippen LogP contribution >= 0.6 is 0 Å². The minimum absolute atomic E-state index is 0.154. The molecule has 2 aromatic rings. The van der Waals surface area contributed by atoms with E-state index >= 15 is 0 Å². The monoisotopic (exact) mass is 407 g/mol. The number of halogens is 1. The van der Waals surface area contributed by atoms with Crippen LogP contribution < -0.4 is 21.7 Å². The Labute approximate surface area is 170 Å². The normalized spacial score (nSPS) is 10.9. The maximum Gasteiger partial charge on any atom is 0.229 e. The Hall–Kier alpha value is -2.56. The van der Waals surface area contributed by atoms with Crippen LogP contribution in [-0.2, 0) is 16.0 Å². The second-order valence-corrected chi connectivity index (χ2v) is 6.49. The molecule has 1 aromatic heterocycles. The first-order valence-corrected chi connectivity index (χ1v) is 9.67. The molecule has 0 spiro atoms. The molecule has 0 aliphatic heterocycles. The van der Waals surface area contributed by atoms with Crippen molar-refractivity contribution in [2.45, 2.75) is 26.4 Å². The second-order valence-electron chi connectivity index (χ2n) is 6.49. The van der Waals surface area contributed by atoms with Crippen molar-refractivity contribution < 1.29 is 13.9 Å². The summed E-state index contributed by atoms with van der Waals surface area (Å²) in [6, 6.07) is 6.73. The van der Waals surface area contributed by atoms with E-state index in [9.17, 15) is 4.39 Å². The molecule has 0 amide bonds. The number of aromatic nitrogens is 3. The van der Waals surface area contributed by atoms with Gasteiger partial charge in [0.1, 0.15) is 5.82 Å². The van der Waals surface area contributed by atoms with Crippen molar-refractivity contribution in [1.82, 2.24) is 15.0 Å². The van der Waals surface area contributed by atoms with E-state index in [2.05, 4.69) is 30.9 Å². The van der Waals surface area contributed by atoms with Crippen molar-refractivity contribution >= 4 is 17.8 Å². The van der Waals surface area contributed by atoms with Crippen molar-refractivity contribution in [2.24, 2.45) is 5.73 Å². The Bertz CT molecular complexity index is 733. The van der Waals surface area contributed by atoms with Crippen LogP contribution in [0.15, 0.2) is 24.3 Å². The maximum atomic E-state index is 13.8. The van der Waals surface area contributed by atoms with Crippen molar-refractivity contribution in [3.05, 3.63) is 35.6 Å². The molecule has 0 atom stereocenters. The minimum atomic E-state index is -0.277. The van der Waals surface area contributed by atoms with E-state index in [-0.39, 0.29) is 18.4 Å². The van der Waals surface area contributed by atoms with Crippen LogP contribution in [0.2, 0.25) is 0 Å². The highest BCUT2D eigenvalue weighted by atomic mass is 19.1. The van der Waals surface area contributed by atoms with E-state index in [4.69, 9.17) is 15.2 Å². The fraction of sp³-hybridized carbons (Fsp3) is 0.526. The Morgan fingerprint density at radius 1 is 0.931 bits per heavy atom. The molecule has 0 bridgehead atoms. The lowest BCUT2D eigenvalue weighted by Crippen LogP contribution is -2.18. The molecule has 0 saturated heterocycles. The van der Waals surface area contributed by atoms with E-state index in [1.54, 1.807) is 18.2 Å². The first-order chi connectivity index (χ1) is 14.1. The summed E-state index contributed by atoms with van der Waals surface area (Å²) in [5, 5.41) is 9.31. The molecule has 29 heavy (non-hydrogen) atoms. The third-order valence-electron chi connectivity index (χ3n) is 3.61. The summed E-state index contributed by atoms with van der Waals surface area (Å²) >= 11 is 0. The average molecular weight is 407 g/mol. The maximum absolute atomic E-state index is 13.8. The molecule has 0 aliphatic rings. The Morgan fingerprint density at radius 2 is 1.59 bits per heavy atom. The van der Waals surface area contributed by atoms with Crippen molar-refractivity contribution in [2.75, 3.05) is 55.5 Å². The molecule has 0 radical (unpaired) electrons. The lowest BCUT2D eigenvalue weighted by atomic mass is 10.2. The molecular weight excluding hydrogens is 377 g/mol. The molecule has 5 N–H and O–H groups in total. The standard InChI is InChI=1S/C19H30FN7O2/c1-14(2)24-19-26-17(22-8-10-29-12-11-28-9-7-21)25-18(27-19)23-13-15-5-3-4-6-16(15)20/h3-6,14H,7-13,21H2,1-2H3,(H3,22,23,24,25,26,27). The summed E-state index contributed by atoms with van der Waals surface area (Å²) in [6.45, 7) is 7.28. The van der Waals surface area contributed by atoms with Gasteiger partial charge in [-0.05, 0) is 19.9 Å². The van der Waals surface area contributed by atoms with Gasteiger partial charge in [-0.15, -0.1) is 0 Å². The van der Waals surface area contributed by atoms with Gasteiger partial charge >= 0.3 is 0 Å². The minimum Gasteiger partial charge on any atom is -0.378 e. The predicted octanol–water partition coefficient (Wildman–Crippen LogP) is 1.85. The van der Waals surface area contributed by atoms with E-state index in [0.717, 1.165) is 0 Å². The fourth-order valence-electron chi connectivity index (χ4n) is 2.31. The van der Waals surface area contributed by atoms with E-state index in [1.807, 2.05) is 13.8 Å². The lowest BCUT2D eigenvalue weighted by molar-refractivity contribution is 0.0547. The summed E-state index contributed by atoms with van der Waals surface area (Å²) < 4.78 is 24.5. The van der Waals surface area contributed by atoms with Gasteiger partial charge in [0.05, 0.1) is 26.4 Å². The van der Waals surface area contributed by atoms with Crippen molar-refractivity contribution in [1.29, 1.82) is 0 Å². The van der Waals surface area contributed by atoms with Crippen molar-refractivity contribution in [3.63, 3.8) is 0 Å². The van der Waals surface area contributed by atoms with Crippen LogP contribution in [0.25, 0.3) is 0 Å². The van der Waals surface area contributed by atoms with Crippen LogP contribution in [0.1, 0.15) is 19.4 Å².